The lowest BCUT2D eigenvalue weighted by molar-refractivity contribution is 0.416. The van der Waals surface area contributed by atoms with Crippen LogP contribution in [-0.4, -0.2) is 21.7 Å². The van der Waals surface area contributed by atoms with Gasteiger partial charge in [0.2, 0.25) is 0 Å². The SMILES string of the molecule is COc1cc(N)c(Cl)cc1-c1nnc2ccccn12. The van der Waals surface area contributed by atoms with Crippen LogP contribution in [0.3, 0.4) is 0 Å². The first kappa shape index (κ1) is 11.8. The van der Waals surface area contributed by atoms with Crippen LogP contribution in [0, 0.1) is 0 Å². The molecule has 0 bridgehead atoms. The van der Waals surface area contributed by atoms with Crippen LogP contribution in [0.5, 0.6) is 5.75 Å². The maximum Gasteiger partial charge on any atom is 0.172 e. The lowest BCUT2D eigenvalue weighted by Crippen LogP contribution is -1.96. The number of nitrogens with zero attached hydrogens (tertiary/aromatic N) is 3. The maximum atomic E-state index is 6.07. The third-order valence-corrected chi connectivity index (χ3v) is 3.20. The van der Waals surface area contributed by atoms with Crippen LogP contribution >= 0.6 is 11.6 Å². The Morgan fingerprint density at radius 2 is 2.11 bits per heavy atom. The highest BCUT2D eigenvalue weighted by molar-refractivity contribution is 6.33. The average Bonchev–Trinajstić information content (AvgIpc) is 2.85. The number of benzene rings is 1. The van der Waals surface area contributed by atoms with Crippen molar-refractivity contribution in [1.29, 1.82) is 0 Å². The Morgan fingerprint density at radius 3 is 2.89 bits per heavy atom. The van der Waals surface area contributed by atoms with Crippen molar-refractivity contribution in [2.45, 2.75) is 0 Å². The number of aromatic nitrogens is 3. The normalized spacial score (nSPS) is 10.8. The van der Waals surface area contributed by atoms with E-state index < -0.39 is 0 Å². The Balaban J connectivity index is 2.29. The van der Waals surface area contributed by atoms with Crippen molar-refractivity contribution in [3.63, 3.8) is 0 Å². The van der Waals surface area contributed by atoms with E-state index in [1.807, 2.05) is 28.8 Å². The Bertz CT molecular complexity index is 753. The van der Waals surface area contributed by atoms with Gasteiger partial charge in [0.15, 0.2) is 11.5 Å². The summed E-state index contributed by atoms with van der Waals surface area (Å²) in [7, 11) is 1.58. The highest BCUT2D eigenvalue weighted by atomic mass is 35.5. The fraction of sp³-hybridized carbons (Fsp3) is 0.0769. The van der Waals surface area contributed by atoms with E-state index in [0.717, 1.165) is 11.2 Å². The summed E-state index contributed by atoms with van der Waals surface area (Å²) in [6.07, 6.45) is 1.88. The topological polar surface area (TPSA) is 65.4 Å². The Labute approximate surface area is 114 Å². The molecule has 0 aliphatic rings. The van der Waals surface area contributed by atoms with Crippen molar-refractivity contribution in [3.8, 4) is 17.1 Å². The number of nitrogens with two attached hydrogens (primary N) is 1. The van der Waals surface area contributed by atoms with E-state index in [-0.39, 0.29) is 0 Å². The zero-order valence-electron chi connectivity index (χ0n) is 10.2. The molecular formula is C13H11ClN4O. The highest BCUT2D eigenvalue weighted by Crippen LogP contribution is 2.35. The molecule has 19 heavy (non-hydrogen) atoms. The van der Waals surface area contributed by atoms with Gasteiger partial charge in [0, 0.05) is 12.3 Å². The first-order valence-corrected chi connectivity index (χ1v) is 6.01. The van der Waals surface area contributed by atoms with E-state index in [0.29, 0.717) is 22.3 Å². The second kappa shape index (κ2) is 4.44. The summed E-state index contributed by atoms with van der Waals surface area (Å²) in [5, 5.41) is 8.75. The monoisotopic (exact) mass is 274 g/mol. The number of rotatable bonds is 2. The number of fused-ring (bicyclic) bond motifs is 1. The van der Waals surface area contributed by atoms with Gasteiger partial charge in [-0.2, -0.15) is 0 Å². The lowest BCUT2D eigenvalue weighted by Gasteiger charge is -2.09. The quantitative estimate of drug-likeness (QED) is 0.730. The smallest absolute Gasteiger partial charge is 0.172 e. The van der Waals surface area contributed by atoms with Gasteiger partial charge in [0.05, 0.1) is 23.4 Å². The van der Waals surface area contributed by atoms with Crippen LogP contribution < -0.4 is 10.5 Å². The van der Waals surface area contributed by atoms with Gasteiger partial charge < -0.3 is 10.5 Å². The minimum Gasteiger partial charge on any atom is -0.496 e. The van der Waals surface area contributed by atoms with Gasteiger partial charge in [-0.15, -0.1) is 10.2 Å². The molecule has 3 aromatic rings. The summed E-state index contributed by atoms with van der Waals surface area (Å²) in [6.45, 7) is 0. The van der Waals surface area contributed by atoms with E-state index in [9.17, 15) is 0 Å². The van der Waals surface area contributed by atoms with Crippen molar-refractivity contribution < 1.29 is 4.74 Å². The van der Waals surface area contributed by atoms with Crippen molar-refractivity contribution in [3.05, 3.63) is 41.6 Å². The minimum absolute atomic E-state index is 0.462. The molecule has 6 heteroatoms. The predicted octanol–water partition coefficient (Wildman–Crippen LogP) is 2.64. The molecule has 2 aromatic heterocycles. The van der Waals surface area contributed by atoms with E-state index in [2.05, 4.69) is 10.2 Å². The second-order valence-electron chi connectivity index (χ2n) is 4.03. The zero-order chi connectivity index (χ0) is 13.4. The van der Waals surface area contributed by atoms with Crippen LogP contribution in [0.1, 0.15) is 0 Å². The van der Waals surface area contributed by atoms with Gasteiger partial charge in [-0.25, -0.2) is 0 Å². The van der Waals surface area contributed by atoms with Gasteiger partial charge in [-0.05, 0) is 18.2 Å². The molecule has 96 valence electrons. The minimum atomic E-state index is 0.462. The van der Waals surface area contributed by atoms with E-state index in [1.165, 1.54) is 0 Å². The highest BCUT2D eigenvalue weighted by Gasteiger charge is 2.15. The van der Waals surface area contributed by atoms with E-state index >= 15 is 0 Å². The van der Waals surface area contributed by atoms with Crippen molar-refractivity contribution in [1.82, 2.24) is 14.6 Å². The molecule has 0 saturated heterocycles. The number of hydrogen-bond donors (Lipinski definition) is 1. The molecule has 0 fully saturated rings. The van der Waals surface area contributed by atoms with E-state index in [4.69, 9.17) is 22.1 Å². The first-order valence-electron chi connectivity index (χ1n) is 5.64. The molecule has 2 N–H and O–H groups in total. The lowest BCUT2D eigenvalue weighted by atomic mass is 10.1. The molecule has 2 heterocycles. The summed E-state index contributed by atoms with van der Waals surface area (Å²) in [5.74, 6) is 1.27. The summed E-state index contributed by atoms with van der Waals surface area (Å²) in [4.78, 5) is 0. The molecule has 0 saturated carbocycles. The van der Waals surface area contributed by atoms with Crippen LogP contribution in [0.4, 0.5) is 5.69 Å². The number of ether oxygens (including phenoxy) is 1. The summed E-state index contributed by atoms with van der Waals surface area (Å²) < 4.78 is 7.20. The molecule has 5 nitrogen and oxygen atoms in total. The number of nitrogen functional groups attached to an aromatic ring is 1. The third kappa shape index (κ3) is 1.88. The largest absolute Gasteiger partial charge is 0.496 e. The van der Waals surface area contributed by atoms with Gasteiger partial charge in [-0.1, -0.05) is 17.7 Å². The average molecular weight is 275 g/mol. The molecule has 0 spiro atoms. The number of anilines is 1. The third-order valence-electron chi connectivity index (χ3n) is 2.87. The molecule has 0 aliphatic heterocycles. The summed E-state index contributed by atoms with van der Waals surface area (Å²) in [6, 6.07) is 9.11. The first-order chi connectivity index (χ1) is 9.20. The van der Waals surface area contributed by atoms with Crippen LogP contribution in [0.2, 0.25) is 5.02 Å². The van der Waals surface area contributed by atoms with Crippen molar-refractivity contribution in [2.75, 3.05) is 12.8 Å². The molecular weight excluding hydrogens is 264 g/mol. The standard InChI is InChI=1S/C13H11ClN4O/c1-19-11-7-10(15)9(14)6-8(11)13-17-16-12-4-2-3-5-18(12)13/h2-7H,15H2,1H3. The number of hydrogen-bond acceptors (Lipinski definition) is 4. The van der Waals surface area contributed by atoms with Crippen LogP contribution in [0.25, 0.3) is 17.0 Å². The molecule has 0 radical (unpaired) electrons. The maximum absolute atomic E-state index is 6.07. The number of pyridine rings is 1. The summed E-state index contributed by atoms with van der Waals surface area (Å²) >= 11 is 6.07. The van der Waals surface area contributed by atoms with Gasteiger partial charge >= 0.3 is 0 Å². The summed E-state index contributed by atoms with van der Waals surface area (Å²) in [5.41, 5.74) is 7.75. The van der Waals surface area contributed by atoms with Crippen LogP contribution in [-0.2, 0) is 0 Å². The molecule has 0 atom stereocenters. The molecule has 0 amide bonds. The number of halogens is 1. The zero-order valence-corrected chi connectivity index (χ0v) is 10.9. The molecule has 3 rings (SSSR count). The Morgan fingerprint density at radius 1 is 1.26 bits per heavy atom. The molecule has 1 aromatic carbocycles. The Kier molecular flexibility index (Phi) is 2.76. The molecule has 0 aliphatic carbocycles. The van der Waals surface area contributed by atoms with Gasteiger partial charge in [-0.3, -0.25) is 4.40 Å². The number of methoxy groups -OCH3 is 1. The predicted molar refractivity (Wildman–Crippen MR) is 74.4 cm³/mol. The van der Waals surface area contributed by atoms with Gasteiger partial charge in [0.1, 0.15) is 5.75 Å². The van der Waals surface area contributed by atoms with Crippen molar-refractivity contribution >= 4 is 22.9 Å². The Hall–Kier alpha value is -2.27. The van der Waals surface area contributed by atoms with Crippen molar-refractivity contribution in [2.24, 2.45) is 0 Å². The fourth-order valence-electron chi connectivity index (χ4n) is 1.94. The van der Waals surface area contributed by atoms with Crippen LogP contribution in [0.15, 0.2) is 36.5 Å². The second-order valence-corrected chi connectivity index (χ2v) is 4.43. The van der Waals surface area contributed by atoms with E-state index in [1.54, 1.807) is 19.2 Å². The van der Waals surface area contributed by atoms with Gasteiger partial charge in [0.25, 0.3) is 0 Å². The fourth-order valence-corrected chi connectivity index (χ4v) is 2.10. The molecule has 0 unspecified atom stereocenters.